The van der Waals surface area contributed by atoms with Crippen molar-refractivity contribution in [2.45, 2.75) is 0 Å². The first-order valence-corrected chi connectivity index (χ1v) is 16.5. The van der Waals surface area contributed by atoms with Crippen molar-refractivity contribution in [2.24, 2.45) is 0 Å². The van der Waals surface area contributed by atoms with E-state index in [4.69, 9.17) is 0 Å². The summed E-state index contributed by atoms with van der Waals surface area (Å²) in [6.45, 7) is 0.534. The Labute approximate surface area is 291 Å². The van der Waals surface area contributed by atoms with Gasteiger partial charge in [0.05, 0.1) is 11.6 Å². The van der Waals surface area contributed by atoms with Crippen LogP contribution in [0.5, 0.6) is 0 Å². The lowest BCUT2D eigenvalue weighted by atomic mass is 9.78. The van der Waals surface area contributed by atoms with Gasteiger partial charge >= 0.3 is 0 Å². The van der Waals surface area contributed by atoms with Crippen LogP contribution in [0.25, 0.3) is 72.0 Å². The molecule has 0 saturated carbocycles. The van der Waals surface area contributed by atoms with Gasteiger partial charge in [-0.25, -0.2) is 0 Å². The highest BCUT2D eigenvalue weighted by Gasteiger charge is 2.24. The third-order valence-electron chi connectivity index (χ3n) is 9.20. The maximum atomic E-state index is 9.63. The number of nitrogens with zero attached hydrogens (tertiary/aromatic N) is 3. The fraction of sp³-hybridized carbons (Fsp3) is 0.0217. The van der Waals surface area contributed by atoms with Crippen molar-refractivity contribution in [3.63, 3.8) is 0 Å². The van der Waals surface area contributed by atoms with Crippen LogP contribution in [0.2, 0.25) is 0 Å². The predicted molar refractivity (Wildman–Crippen MR) is 203 cm³/mol. The second kappa shape index (κ2) is 13.2. The summed E-state index contributed by atoms with van der Waals surface area (Å²) in [4.78, 5) is 4.35. The van der Waals surface area contributed by atoms with Gasteiger partial charge in [0, 0.05) is 36.3 Å². The quantitative estimate of drug-likeness (QED) is 0.197. The highest BCUT2D eigenvalue weighted by Crippen LogP contribution is 2.51. The molecule has 1 aromatic heterocycles. The van der Waals surface area contributed by atoms with Crippen LogP contribution in [0.15, 0.2) is 170 Å². The SMILES string of the molecule is N#CC1=CC(c2cccc(-c3c(-c4ccccc4)c(-c4ccccc4)c(-c4cccc(-c5cncc(C#N)c5)c4)c4ccccc34)c2)=CNC1. The zero-order chi connectivity index (χ0) is 33.9. The zero-order valence-corrected chi connectivity index (χ0v) is 27.1. The van der Waals surface area contributed by atoms with Gasteiger partial charge in [0.25, 0.3) is 0 Å². The number of pyridine rings is 1. The molecule has 0 fully saturated rings. The maximum Gasteiger partial charge on any atom is 0.101 e. The minimum atomic E-state index is 0.528. The van der Waals surface area contributed by atoms with Crippen LogP contribution in [0.1, 0.15) is 11.1 Å². The molecule has 0 atom stereocenters. The first kappa shape index (κ1) is 30.3. The molecule has 7 aromatic rings. The predicted octanol–water partition coefficient (Wildman–Crippen LogP) is 10.8. The van der Waals surface area contributed by atoms with E-state index in [9.17, 15) is 10.5 Å². The van der Waals surface area contributed by atoms with Crippen LogP contribution in [0.3, 0.4) is 0 Å². The lowest BCUT2D eigenvalue weighted by Crippen LogP contribution is -2.13. The van der Waals surface area contributed by atoms with Gasteiger partial charge in [-0.15, -0.1) is 0 Å². The second-order valence-corrected chi connectivity index (χ2v) is 12.3. The van der Waals surface area contributed by atoms with E-state index < -0.39 is 0 Å². The molecule has 0 unspecified atom stereocenters. The van der Waals surface area contributed by atoms with E-state index in [1.807, 2.05) is 24.5 Å². The minimum Gasteiger partial charge on any atom is -0.386 e. The summed E-state index contributed by atoms with van der Waals surface area (Å²) < 4.78 is 0. The van der Waals surface area contributed by atoms with Crippen molar-refractivity contribution in [1.82, 2.24) is 10.3 Å². The molecule has 4 nitrogen and oxygen atoms in total. The number of rotatable bonds is 6. The van der Waals surface area contributed by atoms with E-state index in [2.05, 4.69) is 156 Å². The average Bonchev–Trinajstić information content (AvgIpc) is 3.20. The van der Waals surface area contributed by atoms with E-state index in [1.165, 1.54) is 0 Å². The van der Waals surface area contributed by atoms with Gasteiger partial charge in [-0.05, 0) is 96.3 Å². The number of hydrogen-bond acceptors (Lipinski definition) is 4. The molecule has 234 valence electrons. The van der Waals surface area contributed by atoms with Gasteiger partial charge in [0.15, 0.2) is 0 Å². The third kappa shape index (κ3) is 5.62. The van der Waals surface area contributed by atoms with Crippen molar-refractivity contribution < 1.29 is 0 Å². The smallest absolute Gasteiger partial charge is 0.101 e. The molecule has 4 heteroatoms. The van der Waals surface area contributed by atoms with Crippen molar-refractivity contribution in [3.05, 3.63) is 181 Å². The molecule has 0 spiro atoms. The van der Waals surface area contributed by atoms with Gasteiger partial charge in [0.2, 0.25) is 0 Å². The maximum absolute atomic E-state index is 9.63. The van der Waals surface area contributed by atoms with E-state index in [0.29, 0.717) is 17.7 Å². The first-order chi connectivity index (χ1) is 24.7. The highest BCUT2D eigenvalue weighted by molar-refractivity contribution is 6.18. The summed E-state index contributed by atoms with van der Waals surface area (Å²) in [7, 11) is 0. The summed E-state index contributed by atoms with van der Waals surface area (Å²) >= 11 is 0. The molecule has 0 saturated heterocycles. The monoisotopic (exact) mass is 638 g/mol. The molecule has 0 aliphatic carbocycles. The fourth-order valence-electron chi connectivity index (χ4n) is 6.98. The van der Waals surface area contributed by atoms with Gasteiger partial charge < -0.3 is 5.32 Å². The van der Waals surface area contributed by atoms with Crippen LogP contribution in [0.4, 0.5) is 0 Å². The summed E-state index contributed by atoms with van der Waals surface area (Å²) in [5, 5.41) is 24.8. The normalized spacial score (nSPS) is 12.3. The van der Waals surface area contributed by atoms with Crippen LogP contribution in [-0.2, 0) is 0 Å². The molecule has 1 N–H and O–H groups in total. The summed E-state index contributed by atoms with van der Waals surface area (Å²) in [6.07, 6.45) is 7.37. The molecule has 8 rings (SSSR count). The van der Waals surface area contributed by atoms with Gasteiger partial charge in [-0.2, -0.15) is 10.5 Å². The van der Waals surface area contributed by atoms with Crippen molar-refractivity contribution in [3.8, 4) is 67.8 Å². The van der Waals surface area contributed by atoms with Crippen LogP contribution >= 0.6 is 0 Å². The second-order valence-electron chi connectivity index (χ2n) is 12.3. The average molecular weight is 639 g/mol. The van der Waals surface area contributed by atoms with Crippen LogP contribution in [0, 0.1) is 22.7 Å². The van der Waals surface area contributed by atoms with Crippen LogP contribution in [-0.4, -0.2) is 11.5 Å². The number of aromatic nitrogens is 1. The number of nitriles is 2. The molecule has 2 heterocycles. The Morgan fingerprint density at radius 3 is 1.62 bits per heavy atom. The standard InChI is InChI=1S/C46H30N4/c47-25-31-21-39(29-49-27-31)35-15-9-17-37(23-35)43-41-19-7-8-20-42(41)44(38-18-10-16-36(24-38)40-22-32(26-48)28-50-30-40)46(34-13-5-2-6-14-34)45(43)33-11-3-1-4-12-33/h1-24,27,29-30,50H,28H2. The Kier molecular flexibility index (Phi) is 8.03. The first-order valence-electron chi connectivity index (χ1n) is 16.5. The van der Waals surface area contributed by atoms with E-state index >= 15 is 0 Å². The summed E-state index contributed by atoms with van der Waals surface area (Å²) in [5.41, 5.74) is 14.1. The molecule has 0 amide bonds. The molecule has 6 aromatic carbocycles. The van der Waals surface area contributed by atoms with Crippen molar-refractivity contribution >= 4 is 16.3 Å². The molecule has 0 radical (unpaired) electrons. The Morgan fingerprint density at radius 2 is 1.02 bits per heavy atom. The van der Waals surface area contributed by atoms with Gasteiger partial charge in [0.1, 0.15) is 6.07 Å². The Morgan fingerprint density at radius 1 is 0.480 bits per heavy atom. The van der Waals surface area contributed by atoms with E-state index in [1.54, 1.807) is 6.20 Å². The summed E-state index contributed by atoms with van der Waals surface area (Å²) in [6, 6.07) is 53.6. The largest absolute Gasteiger partial charge is 0.386 e. The number of dihydropyridines is 1. The highest BCUT2D eigenvalue weighted by atomic mass is 14.8. The zero-order valence-electron chi connectivity index (χ0n) is 27.1. The Hall–Kier alpha value is -7.01. The number of benzene rings is 6. The van der Waals surface area contributed by atoms with Crippen LogP contribution < -0.4 is 5.32 Å². The fourth-order valence-corrected chi connectivity index (χ4v) is 6.98. The summed E-state index contributed by atoms with van der Waals surface area (Å²) in [5.74, 6) is 0. The van der Waals surface area contributed by atoms with Crippen molar-refractivity contribution in [2.75, 3.05) is 6.54 Å². The Balaban J connectivity index is 1.48. The molecular formula is C46H30N4. The molecule has 0 bridgehead atoms. The number of hydrogen-bond donors (Lipinski definition) is 1. The lowest BCUT2D eigenvalue weighted by Gasteiger charge is -2.25. The van der Waals surface area contributed by atoms with Gasteiger partial charge in [-0.1, -0.05) is 121 Å². The molecule has 1 aliphatic heterocycles. The number of fused-ring (bicyclic) bond motifs is 1. The number of allylic oxidation sites excluding steroid dienone is 2. The van der Waals surface area contributed by atoms with E-state index in [-0.39, 0.29) is 0 Å². The topological polar surface area (TPSA) is 72.5 Å². The van der Waals surface area contributed by atoms with Gasteiger partial charge in [-0.3, -0.25) is 4.98 Å². The Bertz CT molecular complexity index is 2550. The van der Waals surface area contributed by atoms with Crippen molar-refractivity contribution in [1.29, 1.82) is 10.5 Å². The molecule has 50 heavy (non-hydrogen) atoms. The third-order valence-corrected chi connectivity index (χ3v) is 9.20. The van der Waals surface area contributed by atoms with E-state index in [0.717, 1.165) is 77.5 Å². The number of nitrogens with one attached hydrogen (secondary N) is 1. The lowest BCUT2D eigenvalue weighted by molar-refractivity contribution is 0.948. The molecule has 1 aliphatic rings. The minimum absolute atomic E-state index is 0.528. The molecular weight excluding hydrogens is 609 g/mol.